The Labute approximate surface area is 83.1 Å². The first-order chi connectivity index (χ1) is 6.18. The first-order valence-electron chi connectivity index (χ1n) is 4.95. The Morgan fingerprint density at radius 3 is 3.00 bits per heavy atom. The van der Waals surface area contributed by atoms with Gasteiger partial charge >= 0.3 is 0 Å². The second-order valence-electron chi connectivity index (χ2n) is 3.82. The number of rotatable bonds is 5. The molecule has 1 aliphatic rings. The summed E-state index contributed by atoms with van der Waals surface area (Å²) in [5.41, 5.74) is 0. The first kappa shape index (κ1) is 11.1. The molecule has 3 nitrogen and oxygen atoms in total. The Bertz CT molecular complexity index is 169. The summed E-state index contributed by atoms with van der Waals surface area (Å²) < 4.78 is 10.9. The number of nitrogens with one attached hydrogen (secondary N) is 2. The van der Waals surface area contributed by atoms with Gasteiger partial charge in [0.15, 0.2) is 0 Å². The van der Waals surface area contributed by atoms with Crippen LogP contribution in [0.2, 0.25) is 0 Å². The van der Waals surface area contributed by atoms with E-state index in [1.807, 2.05) is 0 Å². The van der Waals surface area contributed by atoms with Crippen molar-refractivity contribution in [3.63, 3.8) is 0 Å². The average molecular weight is 204 g/mol. The van der Waals surface area contributed by atoms with Crippen molar-refractivity contribution in [3.05, 3.63) is 0 Å². The van der Waals surface area contributed by atoms with Crippen molar-refractivity contribution in [1.29, 1.82) is 0 Å². The van der Waals surface area contributed by atoms with Gasteiger partial charge in [-0.3, -0.25) is 4.21 Å². The van der Waals surface area contributed by atoms with Crippen LogP contribution in [0.4, 0.5) is 0 Å². The third-order valence-electron chi connectivity index (χ3n) is 2.42. The molecule has 0 saturated carbocycles. The minimum absolute atomic E-state index is 0.494. The Balaban J connectivity index is 2.09. The molecule has 0 spiro atoms. The zero-order valence-electron chi connectivity index (χ0n) is 8.51. The Morgan fingerprint density at radius 2 is 2.46 bits per heavy atom. The molecule has 1 heterocycles. The standard InChI is InChI=1S/C9H20N2OS/c1-8(4-6-13(2)12)11-9-3-5-10-7-9/h8-11H,3-7H2,1-2H3. The molecule has 1 fully saturated rings. The molecule has 1 aliphatic heterocycles. The van der Waals surface area contributed by atoms with E-state index in [1.165, 1.54) is 6.42 Å². The van der Waals surface area contributed by atoms with Gasteiger partial charge in [-0.15, -0.1) is 0 Å². The fourth-order valence-corrected chi connectivity index (χ4v) is 2.31. The lowest BCUT2D eigenvalue weighted by molar-refractivity contribution is 0.457. The molecule has 3 atom stereocenters. The van der Waals surface area contributed by atoms with Crippen LogP contribution in [0.3, 0.4) is 0 Å². The predicted molar refractivity (Wildman–Crippen MR) is 57.4 cm³/mol. The van der Waals surface area contributed by atoms with Gasteiger partial charge in [0.1, 0.15) is 0 Å². The van der Waals surface area contributed by atoms with E-state index in [2.05, 4.69) is 17.6 Å². The molecule has 1 rings (SSSR count). The van der Waals surface area contributed by atoms with E-state index in [-0.39, 0.29) is 0 Å². The molecule has 4 heteroatoms. The zero-order valence-corrected chi connectivity index (χ0v) is 9.32. The topological polar surface area (TPSA) is 41.1 Å². The molecular formula is C9H20N2OS. The molecule has 0 amide bonds. The summed E-state index contributed by atoms with van der Waals surface area (Å²) in [7, 11) is -0.645. The average Bonchev–Trinajstić information content (AvgIpc) is 2.53. The fourth-order valence-electron chi connectivity index (χ4n) is 1.63. The summed E-state index contributed by atoms with van der Waals surface area (Å²) in [6, 6.07) is 1.12. The number of hydrogen-bond acceptors (Lipinski definition) is 3. The number of hydrogen-bond donors (Lipinski definition) is 2. The van der Waals surface area contributed by atoms with Crippen LogP contribution in [0.15, 0.2) is 0 Å². The van der Waals surface area contributed by atoms with Gasteiger partial charge in [0.2, 0.25) is 0 Å². The highest BCUT2D eigenvalue weighted by Crippen LogP contribution is 2.01. The Morgan fingerprint density at radius 1 is 1.69 bits per heavy atom. The van der Waals surface area contributed by atoms with E-state index in [4.69, 9.17) is 0 Å². The fraction of sp³-hybridized carbons (Fsp3) is 1.00. The molecule has 3 unspecified atom stereocenters. The van der Waals surface area contributed by atoms with E-state index in [9.17, 15) is 4.21 Å². The monoisotopic (exact) mass is 204 g/mol. The molecule has 13 heavy (non-hydrogen) atoms. The van der Waals surface area contributed by atoms with Crippen LogP contribution in [0.1, 0.15) is 19.8 Å². The van der Waals surface area contributed by atoms with Gasteiger partial charge in [0.25, 0.3) is 0 Å². The maximum absolute atomic E-state index is 10.9. The van der Waals surface area contributed by atoms with E-state index >= 15 is 0 Å². The van der Waals surface area contributed by atoms with Crippen molar-refractivity contribution in [2.75, 3.05) is 25.1 Å². The van der Waals surface area contributed by atoms with Crippen LogP contribution in [0, 0.1) is 0 Å². The van der Waals surface area contributed by atoms with Crippen LogP contribution in [-0.4, -0.2) is 41.4 Å². The second kappa shape index (κ2) is 5.73. The van der Waals surface area contributed by atoms with Crippen LogP contribution in [0.5, 0.6) is 0 Å². The molecule has 0 aliphatic carbocycles. The molecule has 0 aromatic carbocycles. The summed E-state index contributed by atoms with van der Waals surface area (Å²) >= 11 is 0. The van der Waals surface area contributed by atoms with Gasteiger partial charge in [-0.2, -0.15) is 0 Å². The summed E-state index contributed by atoms with van der Waals surface area (Å²) in [6.45, 7) is 4.38. The minimum atomic E-state index is -0.645. The second-order valence-corrected chi connectivity index (χ2v) is 5.38. The normalized spacial score (nSPS) is 27.4. The lowest BCUT2D eigenvalue weighted by Gasteiger charge is -2.17. The highest BCUT2D eigenvalue weighted by Gasteiger charge is 2.15. The van der Waals surface area contributed by atoms with Crippen molar-refractivity contribution in [3.8, 4) is 0 Å². The highest BCUT2D eigenvalue weighted by atomic mass is 32.2. The van der Waals surface area contributed by atoms with Crippen molar-refractivity contribution >= 4 is 10.8 Å². The maximum Gasteiger partial charge on any atom is 0.0246 e. The van der Waals surface area contributed by atoms with Crippen molar-refractivity contribution < 1.29 is 4.21 Å². The van der Waals surface area contributed by atoms with Crippen LogP contribution in [0.25, 0.3) is 0 Å². The quantitative estimate of drug-likeness (QED) is 0.667. The van der Waals surface area contributed by atoms with Gasteiger partial charge in [0.05, 0.1) is 0 Å². The third kappa shape index (κ3) is 4.74. The van der Waals surface area contributed by atoms with Crippen molar-refractivity contribution in [2.45, 2.75) is 31.8 Å². The van der Waals surface area contributed by atoms with Gasteiger partial charge in [-0.25, -0.2) is 0 Å². The van der Waals surface area contributed by atoms with Crippen LogP contribution < -0.4 is 10.6 Å². The highest BCUT2D eigenvalue weighted by molar-refractivity contribution is 7.84. The van der Waals surface area contributed by atoms with Crippen LogP contribution in [-0.2, 0) is 10.8 Å². The lowest BCUT2D eigenvalue weighted by atomic mass is 10.2. The Hall–Kier alpha value is 0.0700. The molecule has 0 aromatic heterocycles. The van der Waals surface area contributed by atoms with Gasteiger partial charge < -0.3 is 10.6 Å². The molecule has 0 bridgehead atoms. The van der Waals surface area contributed by atoms with E-state index in [1.54, 1.807) is 6.26 Å². The molecule has 0 aromatic rings. The minimum Gasteiger partial charge on any atom is -0.315 e. The largest absolute Gasteiger partial charge is 0.315 e. The van der Waals surface area contributed by atoms with E-state index in [0.717, 1.165) is 25.3 Å². The summed E-state index contributed by atoms with van der Waals surface area (Å²) in [4.78, 5) is 0. The van der Waals surface area contributed by atoms with Crippen molar-refractivity contribution in [2.24, 2.45) is 0 Å². The molecule has 1 saturated heterocycles. The maximum atomic E-state index is 10.9. The summed E-state index contributed by atoms with van der Waals surface area (Å²) in [5, 5.41) is 6.86. The molecule has 2 N–H and O–H groups in total. The van der Waals surface area contributed by atoms with E-state index < -0.39 is 10.8 Å². The molecule has 0 radical (unpaired) electrons. The first-order valence-corrected chi connectivity index (χ1v) is 6.68. The summed E-state index contributed by atoms with van der Waals surface area (Å²) in [5.74, 6) is 0.814. The van der Waals surface area contributed by atoms with Crippen molar-refractivity contribution in [1.82, 2.24) is 10.6 Å². The molecular weight excluding hydrogens is 184 g/mol. The summed E-state index contributed by atoms with van der Waals surface area (Å²) in [6.07, 6.45) is 4.00. The van der Waals surface area contributed by atoms with Gasteiger partial charge in [0, 0.05) is 41.4 Å². The smallest absolute Gasteiger partial charge is 0.0246 e. The lowest BCUT2D eigenvalue weighted by Crippen LogP contribution is -2.38. The molecule has 78 valence electrons. The zero-order chi connectivity index (χ0) is 9.68. The predicted octanol–water partition coefficient (Wildman–Crippen LogP) is 0.0950. The third-order valence-corrected chi connectivity index (χ3v) is 3.23. The van der Waals surface area contributed by atoms with Crippen LogP contribution >= 0.6 is 0 Å². The van der Waals surface area contributed by atoms with Gasteiger partial charge in [-0.05, 0) is 26.3 Å². The Kier molecular flexibility index (Phi) is 4.91. The van der Waals surface area contributed by atoms with E-state index in [0.29, 0.717) is 12.1 Å². The van der Waals surface area contributed by atoms with Gasteiger partial charge in [-0.1, -0.05) is 0 Å². The SMILES string of the molecule is CC(CCS(C)=O)NC1CCNC1.